The highest BCUT2D eigenvalue weighted by molar-refractivity contribution is 5.99. The summed E-state index contributed by atoms with van der Waals surface area (Å²) in [6, 6.07) is 11.4. The van der Waals surface area contributed by atoms with E-state index in [9.17, 15) is 9.59 Å². The predicted octanol–water partition coefficient (Wildman–Crippen LogP) is 4.15. The largest absolute Gasteiger partial charge is 0.493 e. The first-order valence-electron chi connectivity index (χ1n) is 10.7. The van der Waals surface area contributed by atoms with E-state index in [-0.39, 0.29) is 30.6 Å². The molecule has 0 saturated carbocycles. The van der Waals surface area contributed by atoms with Gasteiger partial charge in [-0.3, -0.25) is 9.59 Å². The Morgan fingerprint density at radius 2 is 1.94 bits per heavy atom. The van der Waals surface area contributed by atoms with E-state index in [1.165, 1.54) is 0 Å². The van der Waals surface area contributed by atoms with Gasteiger partial charge >= 0.3 is 0 Å². The molecule has 1 aliphatic rings. The van der Waals surface area contributed by atoms with Crippen LogP contribution in [0.2, 0.25) is 0 Å². The molecule has 0 aromatic heterocycles. The van der Waals surface area contributed by atoms with Gasteiger partial charge in [0.1, 0.15) is 6.61 Å². The van der Waals surface area contributed by atoms with Crippen molar-refractivity contribution in [3.8, 4) is 11.5 Å². The van der Waals surface area contributed by atoms with E-state index in [4.69, 9.17) is 14.2 Å². The maximum Gasteiger partial charge on any atom is 0.220 e. The van der Waals surface area contributed by atoms with Crippen molar-refractivity contribution in [1.82, 2.24) is 5.32 Å². The van der Waals surface area contributed by atoms with Gasteiger partial charge in [0, 0.05) is 31.6 Å². The van der Waals surface area contributed by atoms with Gasteiger partial charge in [0.15, 0.2) is 17.3 Å². The standard InChI is InChI=1S/C25H31NO5/c1-17-6-7-18(2)21(13-17)22(27)9-11-25(28)26-15-19-8-10-23(24(14-19)29-3)31-16-20-5-4-12-30-20/h6-8,10,13-14,20H,4-5,9,11-12,15-16H2,1-3H3,(H,26,28). The number of aryl methyl sites for hydroxylation is 2. The molecule has 1 fully saturated rings. The van der Waals surface area contributed by atoms with Crippen LogP contribution >= 0.6 is 0 Å². The second kappa shape index (κ2) is 11.0. The summed E-state index contributed by atoms with van der Waals surface area (Å²) >= 11 is 0. The number of ether oxygens (including phenoxy) is 3. The number of carbonyl (C=O) groups is 2. The third kappa shape index (κ3) is 6.56. The Balaban J connectivity index is 1.47. The summed E-state index contributed by atoms with van der Waals surface area (Å²) < 4.78 is 16.9. The number of hydrogen-bond donors (Lipinski definition) is 1. The molecule has 3 rings (SSSR count). The fraction of sp³-hybridized carbons (Fsp3) is 0.440. The minimum Gasteiger partial charge on any atom is -0.493 e. The van der Waals surface area contributed by atoms with Gasteiger partial charge in [-0.05, 0) is 56.0 Å². The Kier molecular flexibility index (Phi) is 8.06. The highest BCUT2D eigenvalue weighted by Gasteiger charge is 2.17. The fourth-order valence-corrected chi connectivity index (χ4v) is 3.59. The Bertz CT molecular complexity index is 918. The molecule has 31 heavy (non-hydrogen) atoms. The first kappa shape index (κ1) is 22.8. The van der Waals surface area contributed by atoms with Crippen LogP contribution in [-0.4, -0.2) is 38.1 Å². The molecule has 1 aliphatic heterocycles. The van der Waals surface area contributed by atoms with Crippen molar-refractivity contribution < 1.29 is 23.8 Å². The van der Waals surface area contributed by atoms with E-state index in [2.05, 4.69) is 5.32 Å². The van der Waals surface area contributed by atoms with Crippen molar-refractivity contribution in [1.29, 1.82) is 0 Å². The lowest BCUT2D eigenvalue weighted by Crippen LogP contribution is -2.23. The average molecular weight is 426 g/mol. The van der Waals surface area contributed by atoms with Crippen LogP contribution in [0.3, 0.4) is 0 Å². The number of carbonyl (C=O) groups excluding carboxylic acids is 2. The predicted molar refractivity (Wildman–Crippen MR) is 119 cm³/mol. The van der Waals surface area contributed by atoms with Crippen molar-refractivity contribution in [3.63, 3.8) is 0 Å². The molecule has 0 spiro atoms. The van der Waals surface area contributed by atoms with Crippen molar-refractivity contribution in [3.05, 3.63) is 58.7 Å². The molecule has 1 heterocycles. The van der Waals surface area contributed by atoms with Gasteiger partial charge in [-0.15, -0.1) is 0 Å². The van der Waals surface area contributed by atoms with E-state index in [1.54, 1.807) is 7.11 Å². The minimum absolute atomic E-state index is 0.00855. The number of rotatable bonds is 10. The molecule has 1 saturated heterocycles. The van der Waals surface area contributed by atoms with Gasteiger partial charge in [-0.2, -0.15) is 0 Å². The minimum atomic E-state index is -0.156. The molecule has 2 aromatic carbocycles. The third-order valence-electron chi connectivity index (χ3n) is 5.44. The smallest absolute Gasteiger partial charge is 0.220 e. The third-order valence-corrected chi connectivity index (χ3v) is 5.44. The van der Waals surface area contributed by atoms with Crippen LogP contribution in [0, 0.1) is 13.8 Å². The zero-order valence-corrected chi connectivity index (χ0v) is 18.5. The van der Waals surface area contributed by atoms with Crippen molar-refractivity contribution >= 4 is 11.7 Å². The molecule has 1 N–H and O–H groups in total. The molecule has 1 amide bonds. The van der Waals surface area contributed by atoms with Gasteiger partial charge in [-0.1, -0.05) is 23.8 Å². The first-order valence-corrected chi connectivity index (χ1v) is 10.7. The quantitative estimate of drug-likeness (QED) is 0.579. The number of methoxy groups -OCH3 is 1. The molecule has 0 aliphatic carbocycles. The molecule has 0 radical (unpaired) electrons. The van der Waals surface area contributed by atoms with Crippen LogP contribution in [0.4, 0.5) is 0 Å². The number of ketones is 1. The van der Waals surface area contributed by atoms with Crippen molar-refractivity contribution in [2.75, 3.05) is 20.3 Å². The van der Waals surface area contributed by atoms with E-state index in [1.807, 2.05) is 50.2 Å². The Morgan fingerprint density at radius 3 is 2.68 bits per heavy atom. The van der Waals surface area contributed by atoms with Gasteiger partial charge in [0.25, 0.3) is 0 Å². The monoisotopic (exact) mass is 425 g/mol. The van der Waals surface area contributed by atoms with Crippen molar-refractivity contribution in [2.45, 2.75) is 52.2 Å². The Morgan fingerprint density at radius 1 is 1.10 bits per heavy atom. The molecule has 6 heteroatoms. The molecule has 1 atom stereocenters. The Hall–Kier alpha value is -2.86. The zero-order valence-electron chi connectivity index (χ0n) is 18.5. The molecular weight excluding hydrogens is 394 g/mol. The number of Topliss-reactive ketones (excluding diaryl/α,β-unsaturated/α-hetero) is 1. The summed E-state index contributed by atoms with van der Waals surface area (Å²) in [7, 11) is 1.59. The fourth-order valence-electron chi connectivity index (χ4n) is 3.59. The lowest BCUT2D eigenvalue weighted by Gasteiger charge is -2.15. The zero-order chi connectivity index (χ0) is 22.2. The lowest BCUT2D eigenvalue weighted by molar-refractivity contribution is -0.121. The molecule has 2 aromatic rings. The van der Waals surface area contributed by atoms with E-state index < -0.39 is 0 Å². The molecule has 1 unspecified atom stereocenters. The average Bonchev–Trinajstić information content (AvgIpc) is 3.30. The molecular formula is C25H31NO5. The number of benzene rings is 2. The second-order valence-corrected chi connectivity index (χ2v) is 7.95. The van der Waals surface area contributed by atoms with E-state index in [0.29, 0.717) is 30.2 Å². The maximum atomic E-state index is 12.5. The van der Waals surface area contributed by atoms with E-state index >= 15 is 0 Å². The van der Waals surface area contributed by atoms with Crippen molar-refractivity contribution in [2.24, 2.45) is 0 Å². The summed E-state index contributed by atoms with van der Waals surface area (Å²) in [5, 5.41) is 2.87. The van der Waals surface area contributed by atoms with Gasteiger partial charge in [-0.25, -0.2) is 0 Å². The number of amides is 1. The summed E-state index contributed by atoms with van der Waals surface area (Å²) in [6.07, 6.45) is 2.56. The maximum absolute atomic E-state index is 12.5. The lowest BCUT2D eigenvalue weighted by atomic mass is 9.99. The van der Waals surface area contributed by atoms with E-state index in [0.717, 1.165) is 36.1 Å². The van der Waals surface area contributed by atoms with Gasteiger partial charge in [0.05, 0.1) is 13.2 Å². The van der Waals surface area contributed by atoms with Crippen LogP contribution < -0.4 is 14.8 Å². The highest BCUT2D eigenvalue weighted by atomic mass is 16.5. The number of nitrogens with one attached hydrogen (secondary N) is 1. The van der Waals surface area contributed by atoms with Gasteiger partial charge < -0.3 is 19.5 Å². The molecule has 0 bridgehead atoms. The Labute approximate surface area is 183 Å². The van der Waals surface area contributed by atoms with Crippen LogP contribution in [0.25, 0.3) is 0 Å². The SMILES string of the molecule is COc1cc(CNC(=O)CCC(=O)c2cc(C)ccc2C)ccc1OCC1CCCO1. The topological polar surface area (TPSA) is 73.9 Å². The van der Waals surface area contributed by atoms with Crippen LogP contribution in [-0.2, 0) is 16.1 Å². The van der Waals surface area contributed by atoms with Gasteiger partial charge in [0.2, 0.25) is 5.91 Å². The second-order valence-electron chi connectivity index (χ2n) is 7.95. The number of hydrogen-bond acceptors (Lipinski definition) is 5. The summed E-state index contributed by atoms with van der Waals surface area (Å²) in [6.45, 7) is 5.52. The normalized spacial score (nSPS) is 15.5. The summed E-state index contributed by atoms with van der Waals surface area (Å²) in [5.41, 5.74) is 3.56. The van der Waals surface area contributed by atoms with Crippen LogP contribution in [0.15, 0.2) is 36.4 Å². The van der Waals surface area contributed by atoms with Crippen LogP contribution in [0.1, 0.15) is 52.7 Å². The summed E-state index contributed by atoms with van der Waals surface area (Å²) in [5.74, 6) is 1.11. The molecule has 6 nitrogen and oxygen atoms in total. The molecule has 166 valence electrons. The first-order chi connectivity index (χ1) is 15.0. The highest BCUT2D eigenvalue weighted by Crippen LogP contribution is 2.29. The van der Waals surface area contributed by atoms with Crippen LogP contribution in [0.5, 0.6) is 11.5 Å². The summed E-state index contributed by atoms with van der Waals surface area (Å²) in [4.78, 5) is 24.7.